The molecule has 0 aromatic rings. The molecule has 0 aliphatic carbocycles. The van der Waals surface area contributed by atoms with E-state index >= 15 is 0 Å². The maximum Gasteiger partial charge on any atom is 0.407 e. The number of alkyl carbamates (subject to hydrolysis) is 1. The van der Waals surface area contributed by atoms with Gasteiger partial charge in [0.1, 0.15) is 11.7 Å². The van der Waals surface area contributed by atoms with Gasteiger partial charge >= 0.3 is 6.09 Å². The van der Waals surface area contributed by atoms with Crippen molar-refractivity contribution in [1.82, 2.24) is 5.32 Å². The molecule has 0 unspecified atom stereocenters. The van der Waals surface area contributed by atoms with E-state index in [0.29, 0.717) is 0 Å². The first kappa shape index (κ1) is 10.3. The van der Waals surface area contributed by atoms with Gasteiger partial charge in [-0.15, -0.1) is 0 Å². The third-order valence-electron chi connectivity index (χ3n) is 1.66. The third-order valence-corrected chi connectivity index (χ3v) is 1.66. The summed E-state index contributed by atoms with van der Waals surface area (Å²) in [5.74, 6) is 0. The minimum absolute atomic E-state index is 0.0369. The Hall–Kier alpha value is -0.770. The second-order valence-electron chi connectivity index (χ2n) is 4.31. The fourth-order valence-electron chi connectivity index (χ4n) is 0.931. The second-order valence-corrected chi connectivity index (χ2v) is 4.31. The van der Waals surface area contributed by atoms with E-state index in [2.05, 4.69) is 5.32 Å². The minimum Gasteiger partial charge on any atom is -0.444 e. The van der Waals surface area contributed by atoms with Crippen molar-refractivity contribution in [1.29, 1.82) is 0 Å². The molecule has 0 spiro atoms. The molecule has 0 bridgehead atoms. The lowest BCUT2D eigenvalue weighted by Crippen LogP contribution is -2.40. The first-order chi connectivity index (χ1) is 5.88. The Balaban J connectivity index is 2.24. The monoisotopic (exact) mass is 187 g/mol. The summed E-state index contributed by atoms with van der Waals surface area (Å²) in [6.07, 6.45) is -0.206. The van der Waals surface area contributed by atoms with Gasteiger partial charge in [-0.2, -0.15) is 0 Å². The zero-order valence-corrected chi connectivity index (χ0v) is 8.59. The molecule has 0 aromatic heterocycles. The number of hydrogen-bond donors (Lipinski definition) is 1. The van der Waals surface area contributed by atoms with Crippen molar-refractivity contribution in [2.24, 2.45) is 0 Å². The summed E-state index contributed by atoms with van der Waals surface area (Å²) >= 11 is 0. The van der Waals surface area contributed by atoms with Crippen LogP contribution in [0.3, 0.4) is 0 Å². The van der Waals surface area contributed by atoms with Gasteiger partial charge in [0.15, 0.2) is 0 Å². The Labute approximate surface area is 78.6 Å². The summed E-state index contributed by atoms with van der Waals surface area (Å²) in [5.41, 5.74) is -0.436. The van der Waals surface area contributed by atoms with Crippen LogP contribution in [0.15, 0.2) is 0 Å². The van der Waals surface area contributed by atoms with Crippen molar-refractivity contribution >= 4 is 6.09 Å². The highest BCUT2D eigenvalue weighted by Gasteiger charge is 2.31. The Morgan fingerprint density at radius 3 is 2.54 bits per heavy atom. The summed E-state index contributed by atoms with van der Waals surface area (Å²) in [7, 11) is 0. The average Bonchev–Trinajstić information content (AvgIpc) is 2.60. The number of carbonyl (C=O) groups excluding carboxylic acids is 1. The van der Waals surface area contributed by atoms with E-state index in [1.807, 2.05) is 27.7 Å². The maximum absolute atomic E-state index is 11.2. The highest BCUT2D eigenvalue weighted by atomic mass is 16.6. The normalized spacial score (nSPS) is 23.5. The molecule has 1 rings (SSSR count). The van der Waals surface area contributed by atoms with Gasteiger partial charge in [-0.3, -0.25) is 0 Å². The zero-order valence-electron chi connectivity index (χ0n) is 8.59. The van der Waals surface area contributed by atoms with Gasteiger partial charge in [0, 0.05) is 0 Å². The standard InChI is InChI=1S/C9H17NO3/c1-6(7-5-12-7)10-8(11)13-9(2,3)4/h6-7H,5H2,1-4H3,(H,10,11)/t6-,7+/m0/s1. The van der Waals surface area contributed by atoms with Crippen LogP contribution in [-0.2, 0) is 9.47 Å². The molecule has 1 aliphatic rings. The van der Waals surface area contributed by atoms with Crippen LogP contribution >= 0.6 is 0 Å². The summed E-state index contributed by atoms with van der Waals surface area (Å²) in [6, 6.07) is 0.0369. The van der Waals surface area contributed by atoms with Crippen molar-refractivity contribution in [3.8, 4) is 0 Å². The van der Waals surface area contributed by atoms with Gasteiger partial charge in [-0.25, -0.2) is 4.79 Å². The lowest BCUT2D eigenvalue weighted by Gasteiger charge is -2.21. The maximum atomic E-state index is 11.2. The molecular weight excluding hydrogens is 170 g/mol. The summed E-state index contributed by atoms with van der Waals surface area (Å²) in [5, 5.41) is 2.71. The van der Waals surface area contributed by atoms with E-state index < -0.39 is 5.60 Å². The smallest absolute Gasteiger partial charge is 0.407 e. The van der Waals surface area contributed by atoms with Gasteiger partial charge in [0.05, 0.1) is 12.6 Å². The lowest BCUT2D eigenvalue weighted by molar-refractivity contribution is 0.0500. The van der Waals surface area contributed by atoms with E-state index in [4.69, 9.17) is 9.47 Å². The molecule has 0 radical (unpaired) electrons. The molecule has 1 saturated heterocycles. The fraction of sp³-hybridized carbons (Fsp3) is 0.889. The van der Waals surface area contributed by atoms with Crippen molar-refractivity contribution in [3.63, 3.8) is 0 Å². The Morgan fingerprint density at radius 2 is 2.15 bits per heavy atom. The molecule has 13 heavy (non-hydrogen) atoms. The van der Waals surface area contributed by atoms with Crippen molar-refractivity contribution in [2.75, 3.05) is 6.61 Å². The molecule has 0 aromatic carbocycles. The van der Waals surface area contributed by atoms with E-state index in [1.165, 1.54) is 0 Å². The second kappa shape index (κ2) is 3.54. The molecule has 76 valence electrons. The summed E-state index contributed by atoms with van der Waals surface area (Å²) < 4.78 is 10.1. The van der Waals surface area contributed by atoms with Crippen molar-refractivity contribution in [2.45, 2.75) is 45.4 Å². The van der Waals surface area contributed by atoms with E-state index in [-0.39, 0.29) is 18.2 Å². The van der Waals surface area contributed by atoms with Gasteiger partial charge < -0.3 is 14.8 Å². The Bertz CT molecular complexity index is 194. The van der Waals surface area contributed by atoms with Crippen LogP contribution in [0.2, 0.25) is 0 Å². The first-order valence-electron chi connectivity index (χ1n) is 4.49. The SMILES string of the molecule is C[C@H](NC(=O)OC(C)(C)C)[C@H]1CO1. The quantitative estimate of drug-likeness (QED) is 0.663. The highest BCUT2D eigenvalue weighted by molar-refractivity contribution is 5.68. The van der Waals surface area contributed by atoms with Crippen LogP contribution < -0.4 is 5.32 Å². The number of ether oxygens (including phenoxy) is 2. The highest BCUT2D eigenvalue weighted by Crippen LogP contribution is 2.14. The van der Waals surface area contributed by atoms with Crippen LogP contribution in [0.1, 0.15) is 27.7 Å². The molecule has 1 N–H and O–H groups in total. The fourth-order valence-corrected chi connectivity index (χ4v) is 0.931. The lowest BCUT2D eigenvalue weighted by atomic mass is 10.2. The largest absolute Gasteiger partial charge is 0.444 e. The number of amides is 1. The van der Waals surface area contributed by atoms with E-state index in [9.17, 15) is 4.79 Å². The molecule has 1 heterocycles. The van der Waals surface area contributed by atoms with Gasteiger partial charge in [-0.05, 0) is 27.7 Å². The Kier molecular flexibility index (Phi) is 2.81. The molecule has 2 atom stereocenters. The zero-order chi connectivity index (χ0) is 10.1. The minimum atomic E-state index is -0.436. The van der Waals surface area contributed by atoms with E-state index in [0.717, 1.165) is 6.61 Å². The number of nitrogens with one attached hydrogen (secondary N) is 1. The van der Waals surface area contributed by atoms with Gasteiger partial charge in [-0.1, -0.05) is 0 Å². The summed E-state index contributed by atoms with van der Waals surface area (Å²) in [4.78, 5) is 11.2. The number of rotatable bonds is 2. The van der Waals surface area contributed by atoms with Crippen LogP contribution in [0.5, 0.6) is 0 Å². The van der Waals surface area contributed by atoms with Crippen LogP contribution in [0.4, 0.5) is 4.79 Å². The molecule has 1 amide bonds. The molecule has 0 saturated carbocycles. The first-order valence-corrected chi connectivity index (χ1v) is 4.49. The molecule has 1 aliphatic heterocycles. The molecular formula is C9H17NO3. The van der Waals surface area contributed by atoms with Crippen molar-refractivity contribution in [3.05, 3.63) is 0 Å². The molecule has 1 fully saturated rings. The van der Waals surface area contributed by atoms with Crippen molar-refractivity contribution < 1.29 is 14.3 Å². The third kappa shape index (κ3) is 4.12. The number of epoxide rings is 1. The number of hydrogen-bond acceptors (Lipinski definition) is 3. The summed E-state index contributed by atoms with van der Waals surface area (Å²) in [6.45, 7) is 8.15. The average molecular weight is 187 g/mol. The topological polar surface area (TPSA) is 50.9 Å². The molecule has 4 nitrogen and oxygen atoms in total. The van der Waals surface area contributed by atoms with Gasteiger partial charge in [0.25, 0.3) is 0 Å². The van der Waals surface area contributed by atoms with Gasteiger partial charge in [0.2, 0.25) is 0 Å². The van der Waals surface area contributed by atoms with Crippen LogP contribution in [0.25, 0.3) is 0 Å². The van der Waals surface area contributed by atoms with Crippen LogP contribution in [-0.4, -0.2) is 30.4 Å². The number of carbonyl (C=O) groups is 1. The van der Waals surface area contributed by atoms with Crippen LogP contribution in [0, 0.1) is 0 Å². The molecule has 4 heteroatoms. The van der Waals surface area contributed by atoms with E-state index in [1.54, 1.807) is 0 Å². The predicted octanol–water partition coefficient (Wildman–Crippen LogP) is 1.30. The predicted molar refractivity (Wildman–Crippen MR) is 48.6 cm³/mol. The Morgan fingerprint density at radius 1 is 1.62 bits per heavy atom.